The highest BCUT2D eigenvalue weighted by Crippen LogP contribution is 2.40. The molecule has 1 aliphatic carbocycles. The van der Waals surface area contributed by atoms with Gasteiger partial charge in [-0.25, -0.2) is 0 Å². The molecule has 0 aromatic rings. The number of carbonyl (C=O) groups excluding carboxylic acids is 2. The first kappa shape index (κ1) is 19.7. The summed E-state index contributed by atoms with van der Waals surface area (Å²) in [5.74, 6) is 1.12. The maximum atomic E-state index is 12.7. The lowest BCUT2D eigenvalue weighted by atomic mass is 9.69. The number of piperidine rings is 1. The number of β-amino-alcohol motifs (C(OH)–C–C–N with tert-alkyl or cyclic N) is 1. The highest BCUT2D eigenvalue weighted by Gasteiger charge is 2.50. The van der Waals surface area contributed by atoms with Gasteiger partial charge in [0, 0.05) is 37.9 Å². The number of hydrogen-bond acceptors (Lipinski definition) is 3. The van der Waals surface area contributed by atoms with Crippen molar-refractivity contribution in [2.45, 2.75) is 83.7 Å². The number of hydrogen-bond donors (Lipinski definition) is 1. The van der Waals surface area contributed by atoms with Crippen molar-refractivity contribution in [3.8, 4) is 0 Å². The van der Waals surface area contributed by atoms with Crippen LogP contribution in [0.15, 0.2) is 0 Å². The molecule has 0 aromatic carbocycles. The van der Waals surface area contributed by atoms with E-state index in [9.17, 15) is 14.7 Å². The maximum Gasteiger partial charge on any atom is 0.222 e. The Balaban J connectivity index is 1.53. The van der Waals surface area contributed by atoms with Gasteiger partial charge in [0.2, 0.25) is 11.8 Å². The number of carbonyl (C=O) groups is 2. The van der Waals surface area contributed by atoms with Gasteiger partial charge in [0.05, 0.1) is 12.1 Å². The molecule has 5 nitrogen and oxygen atoms in total. The summed E-state index contributed by atoms with van der Waals surface area (Å²) >= 11 is 0. The Morgan fingerprint density at radius 1 is 1.15 bits per heavy atom. The van der Waals surface area contributed by atoms with E-state index in [1.54, 1.807) is 0 Å². The lowest BCUT2D eigenvalue weighted by molar-refractivity contribution is -0.159. The zero-order valence-electron chi connectivity index (χ0n) is 16.6. The normalized spacial score (nSPS) is 30.0. The van der Waals surface area contributed by atoms with Crippen molar-refractivity contribution in [3.05, 3.63) is 0 Å². The van der Waals surface area contributed by atoms with Gasteiger partial charge in [-0.3, -0.25) is 9.59 Å². The molecule has 148 valence electrons. The number of nitrogens with zero attached hydrogens (tertiary/aromatic N) is 2. The van der Waals surface area contributed by atoms with Gasteiger partial charge in [-0.05, 0) is 25.2 Å². The molecule has 1 unspecified atom stereocenters. The second-order valence-electron chi connectivity index (χ2n) is 9.44. The van der Waals surface area contributed by atoms with E-state index < -0.39 is 11.0 Å². The van der Waals surface area contributed by atoms with Crippen LogP contribution in [-0.4, -0.2) is 58.5 Å². The average molecular weight is 365 g/mol. The fourth-order valence-electron chi connectivity index (χ4n) is 5.02. The number of likely N-dealkylation sites (tertiary alicyclic amines) is 2. The molecule has 0 radical (unpaired) electrons. The van der Waals surface area contributed by atoms with E-state index in [2.05, 4.69) is 0 Å². The van der Waals surface area contributed by atoms with Crippen LogP contribution >= 0.6 is 0 Å². The van der Waals surface area contributed by atoms with Gasteiger partial charge < -0.3 is 14.9 Å². The standard InChI is InChI=1S/C21H36N2O3/c1-20(2)15-23(19(25)11-10-17-7-4-3-5-8-17)14-12-21(20,26)16-22-13-6-9-18(22)24/h17,26H,3-16H2,1-2H3. The van der Waals surface area contributed by atoms with E-state index in [4.69, 9.17) is 0 Å². The third-order valence-corrected chi connectivity index (χ3v) is 7.11. The molecule has 0 bridgehead atoms. The lowest BCUT2D eigenvalue weighted by Crippen LogP contribution is -2.62. The molecule has 2 saturated heterocycles. The maximum absolute atomic E-state index is 12.7. The van der Waals surface area contributed by atoms with Gasteiger partial charge in [0.1, 0.15) is 0 Å². The number of aliphatic hydroxyl groups is 1. The van der Waals surface area contributed by atoms with E-state index in [1.165, 1.54) is 32.1 Å². The third kappa shape index (κ3) is 4.24. The fraction of sp³-hybridized carbons (Fsp3) is 0.905. The van der Waals surface area contributed by atoms with Crippen LogP contribution in [0.1, 0.15) is 78.1 Å². The molecule has 2 amide bonds. The zero-order valence-corrected chi connectivity index (χ0v) is 16.6. The van der Waals surface area contributed by atoms with Crippen molar-refractivity contribution in [3.63, 3.8) is 0 Å². The van der Waals surface area contributed by atoms with Crippen molar-refractivity contribution in [2.24, 2.45) is 11.3 Å². The topological polar surface area (TPSA) is 60.9 Å². The van der Waals surface area contributed by atoms with E-state index in [1.807, 2.05) is 23.6 Å². The van der Waals surface area contributed by atoms with Gasteiger partial charge in [-0.2, -0.15) is 0 Å². The summed E-state index contributed by atoms with van der Waals surface area (Å²) in [6, 6.07) is 0. The number of amides is 2. The monoisotopic (exact) mass is 364 g/mol. The van der Waals surface area contributed by atoms with E-state index in [0.29, 0.717) is 38.9 Å². The van der Waals surface area contributed by atoms with E-state index >= 15 is 0 Å². The van der Waals surface area contributed by atoms with Crippen molar-refractivity contribution < 1.29 is 14.7 Å². The minimum absolute atomic E-state index is 0.153. The Morgan fingerprint density at radius 2 is 1.88 bits per heavy atom. The van der Waals surface area contributed by atoms with Gasteiger partial charge >= 0.3 is 0 Å². The van der Waals surface area contributed by atoms with Crippen LogP contribution in [0.3, 0.4) is 0 Å². The van der Waals surface area contributed by atoms with Crippen LogP contribution in [0.2, 0.25) is 0 Å². The summed E-state index contributed by atoms with van der Waals surface area (Å²) in [6.45, 7) is 6.41. The summed E-state index contributed by atoms with van der Waals surface area (Å²) < 4.78 is 0. The molecule has 0 aromatic heterocycles. The molecule has 3 fully saturated rings. The molecule has 2 heterocycles. The fourth-order valence-corrected chi connectivity index (χ4v) is 5.02. The van der Waals surface area contributed by atoms with Crippen LogP contribution in [0, 0.1) is 11.3 Å². The molecule has 1 atom stereocenters. The molecule has 26 heavy (non-hydrogen) atoms. The van der Waals surface area contributed by atoms with E-state index in [-0.39, 0.29) is 11.8 Å². The summed E-state index contributed by atoms with van der Waals surface area (Å²) in [7, 11) is 0. The van der Waals surface area contributed by atoms with Crippen molar-refractivity contribution in [1.82, 2.24) is 9.80 Å². The van der Waals surface area contributed by atoms with Gasteiger partial charge in [-0.1, -0.05) is 46.0 Å². The van der Waals surface area contributed by atoms with Crippen molar-refractivity contribution >= 4 is 11.8 Å². The quantitative estimate of drug-likeness (QED) is 0.816. The largest absolute Gasteiger partial charge is 0.387 e. The highest BCUT2D eigenvalue weighted by molar-refractivity contribution is 5.78. The summed E-state index contributed by atoms with van der Waals surface area (Å²) in [4.78, 5) is 28.4. The molecule has 0 spiro atoms. The second-order valence-corrected chi connectivity index (χ2v) is 9.44. The van der Waals surface area contributed by atoms with Gasteiger partial charge in [0.15, 0.2) is 0 Å². The minimum Gasteiger partial charge on any atom is -0.387 e. The van der Waals surface area contributed by atoms with Crippen LogP contribution in [-0.2, 0) is 9.59 Å². The smallest absolute Gasteiger partial charge is 0.222 e. The van der Waals surface area contributed by atoms with Crippen molar-refractivity contribution in [1.29, 1.82) is 0 Å². The molecular weight excluding hydrogens is 328 g/mol. The molecular formula is C21H36N2O3. The van der Waals surface area contributed by atoms with Crippen LogP contribution in [0.4, 0.5) is 0 Å². The van der Waals surface area contributed by atoms with Crippen LogP contribution in [0.5, 0.6) is 0 Å². The number of rotatable bonds is 5. The Bertz CT molecular complexity index is 527. The van der Waals surface area contributed by atoms with Crippen LogP contribution < -0.4 is 0 Å². The molecule has 3 aliphatic rings. The first-order valence-corrected chi connectivity index (χ1v) is 10.6. The molecule has 5 heteroatoms. The molecule has 2 aliphatic heterocycles. The average Bonchev–Trinajstić information content (AvgIpc) is 3.01. The Labute approximate surface area is 158 Å². The summed E-state index contributed by atoms with van der Waals surface area (Å²) in [5.41, 5.74) is -1.32. The lowest BCUT2D eigenvalue weighted by Gasteiger charge is -2.51. The van der Waals surface area contributed by atoms with Gasteiger partial charge in [0.25, 0.3) is 0 Å². The SMILES string of the molecule is CC1(C)CN(C(=O)CCC2CCCCC2)CCC1(O)CN1CCCC1=O. The van der Waals surface area contributed by atoms with Crippen molar-refractivity contribution in [2.75, 3.05) is 26.2 Å². The van der Waals surface area contributed by atoms with E-state index in [0.717, 1.165) is 25.3 Å². The second kappa shape index (κ2) is 7.87. The Morgan fingerprint density at radius 3 is 2.50 bits per heavy atom. The molecule has 1 saturated carbocycles. The zero-order chi connectivity index (χ0) is 18.8. The minimum atomic E-state index is -0.910. The predicted molar refractivity (Wildman–Crippen MR) is 102 cm³/mol. The van der Waals surface area contributed by atoms with Crippen LogP contribution in [0.25, 0.3) is 0 Å². The first-order chi connectivity index (χ1) is 12.3. The first-order valence-electron chi connectivity index (χ1n) is 10.6. The molecule has 1 N–H and O–H groups in total. The Hall–Kier alpha value is -1.10. The third-order valence-electron chi connectivity index (χ3n) is 7.11. The molecule has 3 rings (SSSR count). The summed E-state index contributed by atoms with van der Waals surface area (Å²) in [5, 5.41) is 11.3. The Kier molecular flexibility index (Phi) is 5.95. The van der Waals surface area contributed by atoms with Gasteiger partial charge in [-0.15, -0.1) is 0 Å². The highest BCUT2D eigenvalue weighted by atomic mass is 16.3. The predicted octanol–water partition coefficient (Wildman–Crippen LogP) is 2.96. The summed E-state index contributed by atoms with van der Waals surface area (Å²) in [6.07, 6.45) is 10.2.